The minimum Gasteiger partial charge on any atom is -0.355 e. The van der Waals surface area contributed by atoms with Crippen molar-refractivity contribution < 1.29 is 4.79 Å². The van der Waals surface area contributed by atoms with E-state index >= 15 is 0 Å². The lowest BCUT2D eigenvalue weighted by molar-refractivity contribution is -0.122. The SMILES string of the molecule is CCN(CCNC(=O)CC1(N)CCCCC1)C1CC1. The first-order valence-corrected chi connectivity index (χ1v) is 7.92. The average molecular weight is 267 g/mol. The highest BCUT2D eigenvalue weighted by atomic mass is 16.1. The minimum atomic E-state index is -0.233. The van der Waals surface area contributed by atoms with Gasteiger partial charge in [-0.15, -0.1) is 0 Å². The molecule has 4 heteroatoms. The molecule has 2 fully saturated rings. The maximum Gasteiger partial charge on any atom is 0.221 e. The van der Waals surface area contributed by atoms with Gasteiger partial charge in [-0.1, -0.05) is 26.2 Å². The van der Waals surface area contributed by atoms with E-state index in [0.29, 0.717) is 6.42 Å². The topological polar surface area (TPSA) is 58.4 Å². The molecule has 0 aromatic rings. The number of carbonyl (C=O) groups excluding carboxylic acids is 1. The van der Waals surface area contributed by atoms with E-state index < -0.39 is 0 Å². The van der Waals surface area contributed by atoms with E-state index in [1.54, 1.807) is 0 Å². The minimum absolute atomic E-state index is 0.135. The van der Waals surface area contributed by atoms with Crippen molar-refractivity contribution in [2.24, 2.45) is 5.73 Å². The number of carbonyl (C=O) groups is 1. The zero-order valence-corrected chi connectivity index (χ0v) is 12.3. The second-order valence-corrected chi connectivity index (χ2v) is 6.31. The smallest absolute Gasteiger partial charge is 0.221 e. The van der Waals surface area contributed by atoms with Crippen LogP contribution in [-0.4, -0.2) is 42.0 Å². The number of rotatable bonds is 7. The molecule has 0 unspecified atom stereocenters. The van der Waals surface area contributed by atoms with Crippen LogP contribution in [-0.2, 0) is 4.79 Å². The summed E-state index contributed by atoms with van der Waals surface area (Å²) in [6.45, 7) is 5.02. The van der Waals surface area contributed by atoms with Gasteiger partial charge in [0.15, 0.2) is 0 Å². The summed E-state index contributed by atoms with van der Waals surface area (Å²) >= 11 is 0. The highest BCUT2D eigenvalue weighted by Gasteiger charge is 2.30. The number of hydrogen-bond donors (Lipinski definition) is 2. The lowest BCUT2D eigenvalue weighted by atomic mass is 9.80. The Morgan fingerprint density at radius 2 is 2.00 bits per heavy atom. The molecule has 3 N–H and O–H groups in total. The summed E-state index contributed by atoms with van der Waals surface area (Å²) in [5.41, 5.74) is 6.07. The highest BCUT2D eigenvalue weighted by Crippen LogP contribution is 2.28. The fourth-order valence-corrected chi connectivity index (χ4v) is 3.19. The van der Waals surface area contributed by atoms with Gasteiger partial charge in [-0.05, 0) is 32.2 Å². The maximum atomic E-state index is 12.0. The monoisotopic (exact) mass is 267 g/mol. The zero-order valence-electron chi connectivity index (χ0n) is 12.3. The molecular formula is C15H29N3O. The fourth-order valence-electron chi connectivity index (χ4n) is 3.19. The molecule has 0 saturated heterocycles. The Kier molecular flexibility index (Phi) is 5.22. The summed E-state index contributed by atoms with van der Waals surface area (Å²) in [5, 5.41) is 3.04. The lowest BCUT2D eigenvalue weighted by Gasteiger charge is -2.32. The summed E-state index contributed by atoms with van der Waals surface area (Å²) in [6, 6.07) is 0.779. The molecule has 19 heavy (non-hydrogen) atoms. The fraction of sp³-hybridized carbons (Fsp3) is 0.933. The Hall–Kier alpha value is -0.610. The molecule has 110 valence electrons. The second-order valence-electron chi connectivity index (χ2n) is 6.31. The van der Waals surface area contributed by atoms with Crippen molar-refractivity contribution in [3.05, 3.63) is 0 Å². The first-order chi connectivity index (χ1) is 9.13. The molecule has 4 nitrogen and oxygen atoms in total. The zero-order chi connectivity index (χ0) is 13.7. The van der Waals surface area contributed by atoms with Gasteiger partial charge in [-0.2, -0.15) is 0 Å². The molecule has 0 atom stereocenters. The Morgan fingerprint density at radius 3 is 2.58 bits per heavy atom. The van der Waals surface area contributed by atoms with E-state index in [9.17, 15) is 4.79 Å². The van der Waals surface area contributed by atoms with Crippen molar-refractivity contribution in [3.8, 4) is 0 Å². The standard InChI is InChI=1S/C15H29N3O/c1-2-18(13-6-7-13)11-10-17-14(19)12-15(16)8-4-3-5-9-15/h13H,2-12,16H2,1H3,(H,17,19). The van der Waals surface area contributed by atoms with Crippen LogP contribution in [0.1, 0.15) is 58.3 Å². The number of amides is 1. The first kappa shape index (κ1) is 14.8. The van der Waals surface area contributed by atoms with Gasteiger partial charge in [0.05, 0.1) is 0 Å². The van der Waals surface area contributed by atoms with Crippen molar-refractivity contribution in [1.82, 2.24) is 10.2 Å². The Balaban J connectivity index is 1.63. The Labute approximate surface area is 117 Å². The second kappa shape index (κ2) is 6.71. The van der Waals surface area contributed by atoms with Crippen LogP contribution in [0.2, 0.25) is 0 Å². The van der Waals surface area contributed by atoms with Gasteiger partial charge in [0.1, 0.15) is 0 Å². The van der Waals surface area contributed by atoms with E-state index in [1.165, 1.54) is 32.1 Å². The summed E-state index contributed by atoms with van der Waals surface area (Å²) in [4.78, 5) is 14.4. The van der Waals surface area contributed by atoms with Gasteiger partial charge >= 0.3 is 0 Å². The summed E-state index contributed by atoms with van der Waals surface area (Å²) < 4.78 is 0. The van der Waals surface area contributed by atoms with Crippen molar-refractivity contribution in [2.45, 2.75) is 69.9 Å². The van der Waals surface area contributed by atoms with Crippen LogP contribution in [0.3, 0.4) is 0 Å². The van der Waals surface area contributed by atoms with Crippen LogP contribution in [0, 0.1) is 0 Å². The number of nitrogens with two attached hydrogens (primary N) is 1. The summed E-state index contributed by atoms with van der Waals surface area (Å²) in [5.74, 6) is 0.135. The van der Waals surface area contributed by atoms with Crippen molar-refractivity contribution >= 4 is 5.91 Å². The van der Waals surface area contributed by atoms with Crippen LogP contribution in [0.25, 0.3) is 0 Å². The van der Waals surface area contributed by atoms with Gasteiger partial charge in [0.25, 0.3) is 0 Å². The van der Waals surface area contributed by atoms with Crippen LogP contribution < -0.4 is 11.1 Å². The van der Waals surface area contributed by atoms with E-state index in [1.807, 2.05) is 0 Å². The Bertz CT molecular complexity index is 296. The molecule has 0 aromatic heterocycles. The summed E-state index contributed by atoms with van der Waals surface area (Å²) in [7, 11) is 0. The molecule has 0 heterocycles. The molecule has 2 aliphatic carbocycles. The normalized spacial score (nSPS) is 22.5. The van der Waals surface area contributed by atoms with Crippen LogP contribution >= 0.6 is 0 Å². The molecular weight excluding hydrogens is 238 g/mol. The molecule has 1 amide bonds. The first-order valence-electron chi connectivity index (χ1n) is 7.92. The van der Waals surface area contributed by atoms with Crippen LogP contribution in [0.15, 0.2) is 0 Å². The van der Waals surface area contributed by atoms with E-state index in [2.05, 4.69) is 17.1 Å². The number of likely N-dealkylation sites (N-methyl/N-ethyl adjacent to an activating group) is 1. The van der Waals surface area contributed by atoms with Gasteiger partial charge in [0.2, 0.25) is 5.91 Å². The van der Waals surface area contributed by atoms with E-state index in [4.69, 9.17) is 5.73 Å². The predicted octanol–water partition coefficient (Wildman–Crippen LogP) is 1.64. The number of hydrogen-bond acceptors (Lipinski definition) is 3. The molecule has 2 saturated carbocycles. The molecule has 0 radical (unpaired) electrons. The summed E-state index contributed by atoms with van der Waals surface area (Å²) in [6.07, 6.45) is 8.79. The van der Waals surface area contributed by atoms with E-state index in [0.717, 1.165) is 38.5 Å². The van der Waals surface area contributed by atoms with Gasteiger partial charge in [-0.25, -0.2) is 0 Å². The maximum absolute atomic E-state index is 12.0. The van der Waals surface area contributed by atoms with E-state index in [-0.39, 0.29) is 11.4 Å². The van der Waals surface area contributed by atoms with Gasteiger partial charge < -0.3 is 11.1 Å². The van der Waals surface area contributed by atoms with Crippen LogP contribution in [0.4, 0.5) is 0 Å². The number of nitrogens with zero attached hydrogens (tertiary/aromatic N) is 1. The third-order valence-electron chi connectivity index (χ3n) is 4.55. The molecule has 2 aliphatic rings. The predicted molar refractivity (Wildman–Crippen MR) is 77.9 cm³/mol. The average Bonchev–Trinajstić information content (AvgIpc) is 3.19. The third kappa shape index (κ3) is 4.77. The molecule has 0 aliphatic heterocycles. The van der Waals surface area contributed by atoms with Gasteiger partial charge in [-0.3, -0.25) is 9.69 Å². The molecule has 0 bridgehead atoms. The molecule has 0 spiro atoms. The van der Waals surface area contributed by atoms with Crippen molar-refractivity contribution in [1.29, 1.82) is 0 Å². The van der Waals surface area contributed by atoms with Crippen LogP contribution in [0.5, 0.6) is 0 Å². The molecule has 0 aromatic carbocycles. The Morgan fingerprint density at radius 1 is 1.32 bits per heavy atom. The van der Waals surface area contributed by atoms with Crippen molar-refractivity contribution in [3.63, 3.8) is 0 Å². The quantitative estimate of drug-likeness (QED) is 0.737. The lowest BCUT2D eigenvalue weighted by Crippen LogP contribution is -2.46. The van der Waals surface area contributed by atoms with Crippen molar-refractivity contribution in [2.75, 3.05) is 19.6 Å². The highest BCUT2D eigenvalue weighted by molar-refractivity contribution is 5.77. The molecule has 2 rings (SSSR count). The largest absolute Gasteiger partial charge is 0.355 e. The van der Waals surface area contributed by atoms with Gasteiger partial charge in [0, 0.05) is 31.1 Å². The number of nitrogens with one attached hydrogen (secondary N) is 1. The third-order valence-corrected chi connectivity index (χ3v) is 4.55.